The first kappa shape index (κ1) is 20.5. The van der Waals surface area contributed by atoms with Crippen molar-refractivity contribution >= 4 is 52.1 Å². The van der Waals surface area contributed by atoms with E-state index in [-0.39, 0.29) is 33.2 Å². The van der Waals surface area contributed by atoms with Crippen LogP contribution in [0.1, 0.15) is 12.5 Å². The molecule has 138 valence electrons. The van der Waals surface area contributed by atoms with Crippen molar-refractivity contribution < 1.29 is 9.72 Å². The molecule has 1 N–H and O–H groups in total. The van der Waals surface area contributed by atoms with Gasteiger partial charge in [-0.15, -0.1) is 0 Å². The molecule has 2 rings (SSSR count). The molecule has 0 fully saturated rings. The van der Waals surface area contributed by atoms with Gasteiger partial charge in [0.2, 0.25) is 5.91 Å². The molecule has 0 saturated heterocycles. The summed E-state index contributed by atoms with van der Waals surface area (Å²) < 4.78 is 0. The summed E-state index contributed by atoms with van der Waals surface area (Å²) >= 11 is 17.9. The van der Waals surface area contributed by atoms with Crippen LogP contribution in [-0.2, 0) is 11.3 Å². The topological polar surface area (TPSA) is 75.5 Å². The predicted octanol–water partition coefficient (Wildman–Crippen LogP) is 5.01. The molecule has 0 bridgehead atoms. The Bertz CT molecular complexity index is 845. The van der Waals surface area contributed by atoms with Crippen molar-refractivity contribution in [2.45, 2.75) is 19.5 Å². The zero-order valence-electron chi connectivity index (χ0n) is 14.0. The highest BCUT2D eigenvalue weighted by atomic mass is 35.5. The number of nitro benzene ring substituents is 1. The van der Waals surface area contributed by atoms with Gasteiger partial charge in [0.15, 0.2) is 0 Å². The minimum atomic E-state index is -0.569. The molecule has 0 heterocycles. The van der Waals surface area contributed by atoms with Crippen molar-refractivity contribution in [1.29, 1.82) is 0 Å². The van der Waals surface area contributed by atoms with E-state index in [9.17, 15) is 14.9 Å². The van der Waals surface area contributed by atoms with Crippen LogP contribution < -0.4 is 5.32 Å². The van der Waals surface area contributed by atoms with Crippen LogP contribution in [0.3, 0.4) is 0 Å². The summed E-state index contributed by atoms with van der Waals surface area (Å²) in [6.45, 7) is 1.93. The normalized spacial score (nSPS) is 12.1. The molecule has 6 nitrogen and oxygen atoms in total. The third-order valence-electron chi connectivity index (χ3n) is 3.92. The van der Waals surface area contributed by atoms with Crippen LogP contribution in [0.15, 0.2) is 36.4 Å². The predicted molar refractivity (Wildman–Crippen MR) is 104 cm³/mol. The fraction of sp³-hybridized carbons (Fsp3) is 0.235. The lowest BCUT2D eigenvalue weighted by atomic mass is 10.1. The third-order valence-corrected chi connectivity index (χ3v) is 4.95. The highest BCUT2D eigenvalue weighted by Gasteiger charge is 2.22. The van der Waals surface area contributed by atoms with Gasteiger partial charge in [0.05, 0.1) is 31.7 Å². The van der Waals surface area contributed by atoms with Crippen molar-refractivity contribution in [3.8, 4) is 0 Å². The second-order valence-electron chi connectivity index (χ2n) is 5.71. The Labute approximate surface area is 165 Å². The van der Waals surface area contributed by atoms with Crippen molar-refractivity contribution in [1.82, 2.24) is 4.90 Å². The summed E-state index contributed by atoms with van der Waals surface area (Å²) in [6.07, 6.45) is 0. The van der Waals surface area contributed by atoms with Crippen molar-refractivity contribution in [3.63, 3.8) is 0 Å². The van der Waals surface area contributed by atoms with E-state index < -0.39 is 11.0 Å². The SMILES string of the molecule is CC(C(=O)Nc1cc(Cl)c(Cl)cc1Cl)N(C)Cc1ccccc1[N+](=O)[O-]. The Hall–Kier alpha value is -1.86. The van der Waals surface area contributed by atoms with E-state index in [1.807, 2.05) is 0 Å². The largest absolute Gasteiger partial charge is 0.323 e. The van der Waals surface area contributed by atoms with Gasteiger partial charge >= 0.3 is 0 Å². The summed E-state index contributed by atoms with van der Waals surface area (Å²) in [5.41, 5.74) is 0.878. The molecule has 0 aliphatic rings. The number of rotatable bonds is 6. The maximum atomic E-state index is 12.5. The minimum absolute atomic E-state index is 0.0134. The van der Waals surface area contributed by atoms with E-state index in [0.29, 0.717) is 11.3 Å². The first-order valence-corrected chi connectivity index (χ1v) is 8.72. The van der Waals surface area contributed by atoms with E-state index in [4.69, 9.17) is 34.8 Å². The third kappa shape index (κ3) is 4.86. The molecular formula is C17H16Cl3N3O3. The van der Waals surface area contributed by atoms with Crippen LogP contribution in [0, 0.1) is 10.1 Å². The average molecular weight is 417 g/mol. The molecule has 1 atom stereocenters. The molecule has 0 spiro atoms. The molecule has 1 unspecified atom stereocenters. The maximum Gasteiger partial charge on any atom is 0.273 e. The number of likely N-dealkylation sites (N-methyl/N-ethyl adjacent to an activating group) is 1. The molecule has 26 heavy (non-hydrogen) atoms. The number of para-hydroxylation sites is 1. The number of carbonyl (C=O) groups excluding carboxylic acids is 1. The lowest BCUT2D eigenvalue weighted by Crippen LogP contribution is -2.39. The number of amides is 1. The quantitative estimate of drug-likeness (QED) is 0.408. The molecule has 2 aromatic rings. The van der Waals surface area contributed by atoms with Gasteiger partial charge in [0.25, 0.3) is 5.69 Å². The van der Waals surface area contributed by atoms with E-state index in [2.05, 4.69) is 5.32 Å². The van der Waals surface area contributed by atoms with Crippen LogP contribution in [0.5, 0.6) is 0 Å². The first-order valence-electron chi connectivity index (χ1n) is 7.58. The lowest BCUT2D eigenvalue weighted by Gasteiger charge is -2.24. The van der Waals surface area contributed by atoms with Crippen LogP contribution in [0.2, 0.25) is 15.1 Å². The molecule has 0 aliphatic carbocycles. The number of hydrogen-bond acceptors (Lipinski definition) is 4. The van der Waals surface area contributed by atoms with E-state index in [1.54, 1.807) is 37.1 Å². The standard InChI is InChI=1S/C17H16Cl3N3O3/c1-10(17(24)21-15-8-13(19)12(18)7-14(15)20)22(2)9-11-5-3-4-6-16(11)23(25)26/h3-8,10H,9H2,1-2H3,(H,21,24). The Morgan fingerprint density at radius 2 is 1.81 bits per heavy atom. The minimum Gasteiger partial charge on any atom is -0.323 e. The average Bonchev–Trinajstić information content (AvgIpc) is 2.59. The second kappa shape index (κ2) is 8.68. The molecule has 0 radical (unpaired) electrons. The monoisotopic (exact) mass is 415 g/mol. The molecule has 2 aromatic carbocycles. The van der Waals surface area contributed by atoms with Gasteiger partial charge in [0, 0.05) is 18.2 Å². The van der Waals surface area contributed by atoms with E-state index in [0.717, 1.165) is 0 Å². The Morgan fingerprint density at radius 1 is 1.19 bits per heavy atom. The van der Waals surface area contributed by atoms with Gasteiger partial charge in [-0.2, -0.15) is 0 Å². The van der Waals surface area contributed by atoms with Gasteiger partial charge in [-0.05, 0) is 26.1 Å². The van der Waals surface area contributed by atoms with Gasteiger partial charge in [-0.3, -0.25) is 19.8 Å². The number of anilines is 1. The van der Waals surface area contributed by atoms with Crippen LogP contribution in [-0.4, -0.2) is 28.8 Å². The maximum absolute atomic E-state index is 12.5. The number of nitrogens with one attached hydrogen (secondary N) is 1. The Morgan fingerprint density at radius 3 is 2.46 bits per heavy atom. The molecule has 9 heteroatoms. The molecule has 0 aromatic heterocycles. The summed E-state index contributed by atoms with van der Waals surface area (Å²) in [5.74, 6) is -0.327. The van der Waals surface area contributed by atoms with E-state index >= 15 is 0 Å². The zero-order chi connectivity index (χ0) is 19.4. The summed E-state index contributed by atoms with van der Waals surface area (Å²) in [4.78, 5) is 24.9. The van der Waals surface area contributed by atoms with Crippen molar-refractivity contribution in [2.75, 3.05) is 12.4 Å². The summed E-state index contributed by atoms with van der Waals surface area (Å²) in [6, 6.07) is 8.76. The van der Waals surface area contributed by atoms with Crippen molar-refractivity contribution in [2.24, 2.45) is 0 Å². The van der Waals surface area contributed by atoms with Crippen LogP contribution >= 0.6 is 34.8 Å². The van der Waals surface area contributed by atoms with Crippen LogP contribution in [0.25, 0.3) is 0 Å². The molecule has 0 aliphatic heterocycles. The summed E-state index contributed by atoms with van der Waals surface area (Å²) in [5, 5.41) is 14.6. The number of hydrogen-bond donors (Lipinski definition) is 1. The molecule has 0 saturated carbocycles. The van der Waals surface area contributed by atoms with Gasteiger partial charge in [-0.1, -0.05) is 53.0 Å². The Kier molecular flexibility index (Phi) is 6.83. The first-order chi connectivity index (χ1) is 12.2. The lowest BCUT2D eigenvalue weighted by molar-refractivity contribution is -0.385. The highest BCUT2D eigenvalue weighted by Crippen LogP contribution is 2.32. The van der Waals surface area contributed by atoms with Gasteiger partial charge in [-0.25, -0.2) is 0 Å². The number of nitro groups is 1. The molecule has 1 amide bonds. The fourth-order valence-corrected chi connectivity index (χ4v) is 2.88. The van der Waals surface area contributed by atoms with Gasteiger partial charge in [0.1, 0.15) is 0 Å². The number of nitrogens with zero attached hydrogens (tertiary/aromatic N) is 2. The smallest absolute Gasteiger partial charge is 0.273 e. The second-order valence-corrected chi connectivity index (χ2v) is 6.93. The molecular weight excluding hydrogens is 401 g/mol. The fourth-order valence-electron chi connectivity index (χ4n) is 2.28. The van der Waals surface area contributed by atoms with Crippen LogP contribution in [0.4, 0.5) is 11.4 Å². The van der Waals surface area contributed by atoms with Gasteiger partial charge < -0.3 is 5.32 Å². The number of carbonyl (C=O) groups is 1. The Balaban J connectivity index is 2.11. The summed E-state index contributed by atoms with van der Waals surface area (Å²) in [7, 11) is 1.71. The van der Waals surface area contributed by atoms with E-state index in [1.165, 1.54) is 18.2 Å². The highest BCUT2D eigenvalue weighted by molar-refractivity contribution is 6.44. The number of halogens is 3. The van der Waals surface area contributed by atoms with Crippen molar-refractivity contribution in [3.05, 3.63) is 67.1 Å². The zero-order valence-corrected chi connectivity index (χ0v) is 16.3. The number of benzene rings is 2.